The van der Waals surface area contributed by atoms with E-state index in [0.29, 0.717) is 18.3 Å². The summed E-state index contributed by atoms with van der Waals surface area (Å²) in [6, 6.07) is 2.18. The van der Waals surface area contributed by atoms with E-state index in [1.165, 1.54) is 89.0 Å². The monoisotopic (exact) mass is 580 g/mol. The van der Waals surface area contributed by atoms with E-state index in [1.54, 1.807) is 0 Å². The number of aliphatic hydroxyl groups is 1. The fourth-order valence-electron chi connectivity index (χ4n) is 9.96. The highest BCUT2D eigenvalue weighted by Gasteiger charge is 2.65. The van der Waals surface area contributed by atoms with E-state index in [2.05, 4.69) is 32.1 Å². The summed E-state index contributed by atoms with van der Waals surface area (Å²) in [4.78, 5) is 12.6. The van der Waals surface area contributed by atoms with Gasteiger partial charge in [-0.2, -0.15) is 0 Å². The van der Waals surface area contributed by atoms with Crippen LogP contribution in [0.4, 0.5) is 0 Å². The molecule has 4 aliphatic rings. The lowest BCUT2D eigenvalue weighted by Gasteiger charge is -2.58. The number of rotatable bonds is 18. The zero-order chi connectivity index (χ0) is 29.5. The summed E-state index contributed by atoms with van der Waals surface area (Å²) < 4.78 is 11.5. The van der Waals surface area contributed by atoms with E-state index >= 15 is 0 Å². The molecule has 6 atom stereocenters. The summed E-state index contributed by atoms with van der Waals surface area (Å²) in [5.41, 5.74) is 0.782. The molecule has 1 aromatic rings. The third-order valence-electron chi connectivity index (χ3n) is 12.2. The molecule has 1 aromatic heterocycles. The van der Waals surface area contributed by atoms with Gasteiger partial charge in [0.25, 0.3) is 0 Å². The Morgan fingerprint density at radius 3 is 2.24 bits per heavy atom. The quantitative estimate of drug-likeness (QED) is 0.139. The number of hydrogen-bond donors (Lipinski definition) is 1. The standard InChI is InChI=1S/C38H60O4/c1-3-4-5-6-7-8-9-10-11-12-13-14-15-16-17-18-35(39)42-29-38(40)28-37-25-21-32-31-23-26-41-33(31)22-24-36(32,2)34(37)20-19-30(38)27-37/h22-24,26,30,32,34,40H,3-21,25,27-29H2,1-2H3/t30?,32?,34?,36-,37-,38+/m0/s1. The van der Waals surface area contributed by atoms with Crippen LogP contribution in [0.1, 0.15) is 172 Å². The van der Waals surface area contributed by atoms with E-state index in [9.17, 15) is 9.90 Å². The third kappa shape index (κ3) is 7.05. The Labute approximate surface area is 256 Å². The van der Waals surface area contributed by atoms with E-state index in [4.69, 9.17) is 9.15 Å². The van der Waals surface area contributed by atoms with Crippen LogP contribution < -0.4 is 0 Å². The lowest BCUT2D eigenvalue weighted by atomic mass is 9.46. The van der Waals surface area contributed by atoms with Gasteiger partial charge in [-0.15, -0.1) is 0 Å². The summed E-state index contributed by atoms with van der Waals surface area (Å²) in [6.07, 6.45) is 33.1. The second-order valence-corrected chi connectivity index (χ2v) is 15.1. The number of ether oxygens (including phenoxy) is 1. The molecule has 1 spiro atoms. The van der Waals surface area contributed by atoms with E-state index in [0.717, 1.165) is 57.1 Å². The molecule has 2 bridgehead atoms. The molecule has 1 heterocycles. The van der Waals surface area contributed by atoms with E-state index in [1.807, 2.05) is 6.26 Å². The zero-order valence-corrected chi connectivity index (χ0v) is 27.0. The van der Waals surface area contributed by atoms with Gasteiger partial charge >= 0.3 is 5.97 Å². The highest BCUT2D eigenvalue weighted by Crippen LogP contribution is 2.71. The van der Waals surface area contributed by atoms with Crippen LogP contribution in [0.25, 0.3) is 6.08 Å². The average molecular weight is 581 g/mol. The van der Waals surface area contributed by atoms with Crippen molar-refractivity contribution in [2.24, 2.45) is 22.7 Å². The van der Waals surface area contributed by atoms with Crippen LogP contribution in [0, 0.1) is 22.7 Å². The molecule has 236 valence electrons. The van der Waals surface area contributed by atoms with Crippen LogP contribution >= 0.6 is 0 Å². The highest BCUT2D eigenvalue weighted by molar-refractivity contribution is 5.69. The first-order chi connectivity index (χ1) is 20.4. The Morgan fingerprint density at radius 1 is 0.929 bits per heavy atom. The summed E-state index contributed by atoms with van der Waals surface area (Å²) >= 11 is 0. The SMILES string of the molecule is CCCCCCCCCCCCCCCCCC(=O)OC[C@]1(O)C[C@@]23CCC4c5ccoc5C=C[C@]4(C)C2CCC1C3. The normalized spacial score (nSPS) is 32.8. The largest absolute Gasteiger partial charge is 0.465 e. The van der Waals surface area contributed by atoms with Gasteiger partial charge in [0.2, 0.25) is 0 Å². The number of hydrogen-bond acceptors (Lipinski definition) is 4. The Balaban J connectivity index is 0.951. The van der Waals surface area contributed by atoms with E-state index in [-0.39, 0.29) is 29.3 Å². The predicted molar refractivity (Wildman–Crippen MR) is 171 cm³/mol. The molecular weight excluding hydrogens is 520 g/mol. The second kappa shape index (κ2) is 14.5. The average Bonchev–Trinajstić information content (AvgIpc) is 3.54. The van der Waals surface area contributed by atoms with Crippen molar-refractivity contribution in [2.45, 2.75) is 167 Å². The van der Waals surface area contributed by atoms with Gasteiger partial charge in [0.15, 0.2) is 0 Å². The Hall–Kier alpha value is -1.55. The molecule has 1 N–H and O–H groups in total. The first-order valence-electron chi connectivity index (χ1n) is 18.0. The summed E-state index contributed by atoms with van der Waals surface area (Å²) in [6.45, 7) is 4.92. The van der Waals surface area contributed by atoms with Crippen molar-refractivity contribution < 1.29 is 19.1 Å². The number of unbranched alkanes of at least 4 members (excludes halogenated alkanes) is 14. The molecule has 0 aromatic carbocycles. The number of carbonyl (C=O) groups is 1. The van der Waals surface area contributed by atoms with Crippen LogP contribution in [-0.2, 0) is 9.53 Å². The van der Waals surface area contributed by atoms with Crippen molar-refractivity contribution in [1.29, 1.82) is 0 Å². The molecule has 0 aliphatic heterocycles. The molecule has 3 fully saturated rings. The molecule has 0 radical (unpaired) electrons. The molecule has 4 aliphatic carbocycles. The number of carbonyl (C=O) groups excluding carboxylic acids is 1. The summed E-state index contributed by atoms with van der Waals surface area (Å²) in [5, 5.41) is 11.8. The summed E-state index contributed by atoms with van der Waals surface area (Å²) in [5.74, 6) is 2.23. The van der Waals surface area contributed by atoms with Crippen LogP contribution in [0.3, 0.4) is 0 Å². The Kier molecular flexibility index (Phi) is 11.0. The predicted octanol–water partition coefficient (Wildman–Crippen LogP) is 10.5. The molecule has 0 amide bonds. The van der Waals surface area contributed by atoms with E-state index < -0.39 is 5.60 Å². The van der Waals surface area contributed by atoms with Gasteiger partial charge in [-0.3, -0.25) is 4.79 Å². The minimum absolute atomic E-state index is 0.107. The highest BCUT2D eigenvalue weighted by atomic mass is 16.5. The van der Waals surface area contributed by atoms with Gasteiger partial charge in [0.1, 0.15) is 18.0 Å². The van der Waals surface area contributed by atoms with Gasteiger partial charge in [0, 0.05) is 12.0 Å². The van der Waals surface area contributed by atoms with Crippen molar-refractivity contribution in [2.75, 3.05) is 6.61 Å². The second-order valence-electron chi connectivity index (χ2n) is 15.1. The summed E-state index contributed by atoms with van der Waals surface area (Å²) in [7, 11) is 0. The number of allylic oxidation sites excluding steroid dienone is 1. The van der Waals surface area contributed by atoms with Crippen LogP contribution in [0.5, 0.6) is 0 Å². The van der Waals surface area contributed by atoms with Gasteiger partial charge in [0.05, 0.1) is 6.26 Å². The molecular formula is C38H60O4. The fourth-order valence-corrected chi connectivity index (χ4v) is 9.96. The fraction of sp³-hybridized carbons (Fsp3) is 0.816. The Morgan fingerprint density at radius 2 is 1.57 bits per heavy atom. The van der Waals surface area contributed by atoms with Crippen molar-refractivity contribution in [3.63, 3.8) is 0 Å². The molecule has 3 saturated carbocycles. The lowest BCUT2D eigenvalue weighted by molar-refractivity contribution is -0.154. The van der Waals surface area contributed by atoms with Crippen molar-refractivity contribution in [3.05, 3.63) is 29.7 Å². The molecule has 5 rings (SSSR count). The topological polar surface area (TPSA) is 59.7 Å². The van der Waals surface area contributed by atoms with Crippen LogP contribution in [0.15, 0.2) is 22.8 Å². The van der Waals surface area contributed by atoms with Crippen molar-refractivity contribution in [3.8, 4) is 0 Å². The number of esters is 1. The molecule has 3 unspecified atom stereocenters. The zero-order valence-electron chi connectivity index (χ0n) is 27.0. The number of fused-ring (bicyclic) bond motifs is 5. The minimum Gasteiger partial charge on any atom is -0.465 e. The molecule has 4 heteroatoms. The van der Waals surface area contributed by atoms with Crippen molar-refractivity contribution >= 4 is 12.0 Å². The molecule has 42 heavy (non-hydrogen) atoms. The maximum atomic E-state index is 12.6. The van der Waals surface area contributed by atoms with Gasteiger partial charge in [-0.25, -0.2) is 0 Å². The first kappa shape index (κ1) is 31.9. The minimum atomic E-state index is -0.859. The van der Waals surface area contributed by atoms with Gasteiger partial charge in [-0.1, -0.05) is 110 Å². The number of furan rings is 1. The maximum Gasteiger partial charge on any atom is 0.305 e. The first-order valence-corrected chi connectivity index (χ1v) is 18.0. The molecule has 0 saturated heterocycles. The van der Waals surface area contributed by atoms with Crippen LogP contribution in [-0.4, -0.2) is 23.3 Å². The lowest BCUT2D eigenvalue weighted by Crippen LogP contribution is -2.49. The van der Waals surface area contributed by atoms with Gasteiger partial charge < -0.3 is 14.3 Å². The molecule has 4 nitrogen and oxygen atoms in total. The van der Waals surface area contributed by atoms with Gasteiger partial charge in [-0.05, 0) is 85.7 Å². The third-order valence-corrected chi connectivity index (χ3v) is 12.2. The van der Waals surface area contributed by atoms with Crippen LogP contribution in [0.2, 0.25) is 0 Å². The Bertz CT molecular complexity index is 1030. The smallest absolute Gasteiger partial charge is 0.305 e. The van der Waals surface area contributed by atoms with Crippen molar-refractivity contribution in [1.82, 2.24) is 0 Å². The maximum absolute atomic E-state index is 12.6.